The van der Waals surface area contributed by atoms with Crippen molar-refractivity contribution in [3.63, 3.8) is 0 Å². The van der Waals surface area contributed by atoms with Crippen LogP contribution >= 0.6 is 34.8 Å². The number of hydrogen-bond donors (Lipinski definition) is 1. The molecule has 0 saturated heterocycles. The zero-order chi connectivity index (χ0) is 22.3. The minimum absolute atomic E-state index is 0.00666. The molecule has 0 aliphatic heterocycles. The van der Waals surface area contributed by atoms with Crippen molar-refractivity contribution in [3.05, 3.63) is 63.1 Å². The molecule has 0 bridgehead atoms. The molecule has 8 heteroatoms. The van der Waals surface area contributed by atoms with E-state index in [1.165, 1.54) is 11.0 Å². The topological polar surface area (TPSA) is 58.6 Å². The van der Waals surface area contributed by atoms with Crippen molar-refractivity contribution in [2.75, 3.05) is 6.61 Å². The maximum atomic E-state index is 13.0. The molecule has 0 aromatic heterocycles. The highest BCUT2D eigenvalue weighted by molar-refractivity contribution is 6.35. The van der Waals surface area contributed by atoms with Gasteiger partial charge >= 0.3 is 0 Å². The van der Waals surface area contributed by atoms with Gasteiger partial charge in [-0.2, -0.15) is 0 Å². The number of nitrogens with zero attached hydrogens (tertiary/aromatic N) is 1. The molecule has 0 spiro atoms. The average Bonchev–Trinajstić information content (AvgIpc) is 2.70. The molecule has 1 N–H and O–H groups in total. The van der Waals surface area contributed by atoms with Gasteiger partial charge in [-0.25, -0.2) is 0 Å². The Morgan fingerprint density at radius 1 is 1.07 bits per heavy atom. The van der Waals surface area contributed by atoms with E-state index in [-0.39, 0.29) is 31.0 Å². The maximum Gasteiger partial charge on any atom is 0.261 e. The molecule has 0 unspecified atom stereocenters. The second kappa shape index (κ2) is 11.4. The number of halogens is 3. The number of ether oxygens (including phenoxy) is 1. The number of carbonyl (C=O) groups is 2. The molecule has 0 radical (unpaired) electrons. The van der Waals surface area contributed by atoms with Gasteiger partial charge in [0.05, 0.1) is 5.02 Å². The van der Waals surface area contributed by atoms with Gasteiger partial charge in [0, 0.05) is 22.6 Å². The van der Waals surface area contributed by atoms with Crippen LogP contribution in [0.5, 0.6) is 5.75 Å². The molecule has 2 amide bonds. The van der Waals surface area contributed by atoms with Crippen molar-refractivity contribution in [2.45, 2.75) is 45.8 Å². The number of carbonyl (C=O) groups excluding carboxylic acids is 2. The molecule has 5 nitrogen and oxygen atoms in total. The quantitative estimate of drug-likeness (QED) is 0.536. The lowest BCUT2D eigenvalue weighted by Gasteiger charge is -2.29. The molecule has 0 saturated carbocycles. The summed E-state index contributed by atoms with van der Waals surface area (Å²) in [7, 11) is 0. The molecule has 162 valence electrons. The molecule has 0 aliphatic rings. The number of nitrogens with one attached hydrogen (secondary N) is 1. The molecular weight excluding hydrogens is 447 g/mol. The van der Waals surface area contributed by atoms with Crippen LogP contribution in [-0.4, -0.2) is 35.4 Å². The summed E-state index contributed by atoms with van der Waals surface area (Å²) in [4.78, 5) is 27.1. The first-order valence-electron chi connectivity index (χ1n) is 9.63. The molecule has 30 heavy (non-hydrogen) atoms. The van der Waals surface area contributed by atoms with Crippen molar-refractivity contribution in [2.24, 2.45) is 0 Å². The predicted molar refractivity (Wildman–Crippen MR) is 121 cm³/mol. The number of amides is 2. The first-order chi connectivity index (χ1) is 14.2. The Labute approximate surface area is 192 Å². The van der Waals surface area contributed by atoms with E-state index in [1.54, 1.807) is 37.3 Å². The number of hydrogen-bond acceptors (Lipinski definition) is 3. The Morgan fingerprint density at radius 2 is 1.77 bits per heavy atom. The Morgan fingerprint density at radius 3 is 2.40 bits per heavy atom. The van der Waals surface area contributed by atoms with Gasteiger partial charge < -0.3 is 15.0 Å². The second-order valence-corrected chi connectivity index (χ2v) is 8.29. The SMILES string of the molecule is CC[C@@H](C)NC(=O)[C@@H](C)N(Cc1cccc(Cl)c1)C(=O)COc1ccc(Cl)cc1Cl. The number of rotatable bonds is 9. The Hall–Kier alpha value is -1.95. The molecule has 2 aromatic carbocycles. The lowest BCUT2D eigenvalue weighted by Crippen LogP contribution is -2.50. The summed E-state index contributed by atoms with van der Waals surface area (Å²) in [5.74, 6) is -0.245. The van der Waals surface area contributed by atoms with Crippen molar-refractivity contribution in [3.8, 4) is 5.75 Å². The minimum atomic E-state index is -0.699. The Kier molecular flexibility index (Phi) is 9.28. The Balaban J connectivity index is 2.18. The van der Waals surface area contributed by atoms with E-state index in [0.717, 1.165) is 12.0 Å². The summed E-state index contributed by atoms with van der Waals surface area (Å²) in [6.45, 7) is 5.53. The van der Waals surface area contributed by atoms with Crippen molar-refractivity contribution < 1.29 is 14.3 Å². The highest BCUT2D eigenvalue weighted by atomic mass is 35.5. The molecular formula is C22H25Cl3N2O3. The van der Waals surface area contributed by atoms with Crippen LogP contribution in [0.2, 0.25) is 15.1 Å². The second-order valence-electron chi connectivity index (χ2n) is 7.01. The molecule has 0 heterocycles. The zero-order valence-corrected chi connectivity index (χ0v) is 19.4. The van der Waals surface area contributed by atoms with Crippen LogP contribution in [0.1, 0.15) is 32.8 Å². The average molecular weight is 472 g/mol. The van der Waals surface area contributed by atoms with Gasteiger partial charge in [-0.15, -0.1) is 0 Å². The van der Waals surface area contributed by atoms with E-state index < -0.39 is 6.04 Å². The first-order valence-corrected chi connectivity index (χ1v) is 10.8. The van der Waals surface area contributed by atoms with Gasteiger partial charge in [0.2, 0.25) is 5.91 Å². The summed E-state index contributed by atoms with van der Waals surface area (Å²) < 4.78 is 5.59. The van der Waals surface area contributed by atoms with Gasteiger partial charge in [0.1, 0.15) is 11.8 Å². The molecule has 2 aromatic rings. The first kappa shape index (κ1) is 24.3. The summed E-state index contributed by atoms with van der Waals surface area (Å²) in [5, 5.41) is 4.25. The fourth-order valence-corrected chi connectivity index (χ4v) is 3.37. The monoisotopic (exact) mass is 470 g/mol. The lowest BCUT2D eigenvalue weighted by molar-refractivity contribution is -0.142. The van der Waals surface area contributed by atoms with E-state index in [9.17, 15) is 9.59 Å². The standard InChI is InChI=1S/C22H25Cl3N2O3/c1-4-14(2)26-22(29)15(3)27(12-16-6-5-7-17(23)10-16)21(28)13-30-20-9-8-18(24)11-19(20)25/h5-11,14-15H,4,12-13H2,1-3H3,(H,26,29)/t14-,15-/m1/s1. The van der Waals surface area contributed by atoms with Crippen LogP contribution in [0.3, 0.4) is 0 Å². The predicted octanol–water partition coefficient (Wildman–Crippen LogP) is 5.36. The molecule has 0 aliphatic carbocycles. The zero-order valence-electron chi connectivity index (χ0n) is 17.1. The van der Waals surface area contributed by atoms with Crippen molar-refractivity contribution >= 4 is 46.6 Å². The minimum Gasteiger partial charge on any atom is -0.482 e. The van der Waals surface area contributed by atoms with Gasteiger partial charge in [0.25, 0.3) is 5.91 Å². The van der Waals surface area contributed by atoms with E-state index in [2.05, 4.69) is 5.32 Å². The Bertz CT molecular complexity index is 892. The van der Waals surface area contributed by atoms with Gasteiger partial charge in [-0.3, -0.25) is 9.59 Å². The van der Waals surface area contributed by atoms with E-state index in [4.69, 9.17) is 39.5 Å². The fraction of sp³-hybridized carbons (Fsp3) is 0.364. The highest BCUT2D eigenvalue weighted by Crippen LogP contribution is 2.27. The van der Waals surface area contributed by atoms with Crippen LogP contribution in [0.4, 0.5) is 0 Å². The smallest absolute Gasteiger partial charge is 0.261 e. The lowest BCUT2D eigenvalue weighted by atomic mass is 10.1. The van der Waals surface area contributed by atoms with Gasteiger partial charge in [0.15, 0.2) is 6.61 Å². The summed E-state index contributed by atoms with van der Waals surface area (Å²) >= 11 is 18.1. The summed E-state index contributed by atoms with van der Waals surface area (Å²) in [6, 6.07) is 11.2. The molecule has 2 rings (SSSR count). The van der Waals surface area contributed by atoms with Crippen molar-refractivity contribution in [1.82, 2.24) is 10.2 Å². The third kappa shape index (κ3) is 7.08. The van der Waals surface area contributed by atoms with E-state index in [1.807, 2.05) is 19.9 Å². The molecule has 2 atom stereocenters. The number of benzene rings is 2. The van der Waals surface area contributed by atoms with Crippen LogP contribution in [0.25, 0.3) is 0 Å². The fourth-order valence-electron chi connectivity index (χ4n) is 2.69. The van der Waals surface area contributed by atoms with Crippen LogP contribution in [-0.2, 0) is 16.1 Å². The summed E-state index contributed by atoms with van der Waals surface area (Å²) in [6.07, 6.45) is 0.791. The van der Waals surface area contributed by atoms with Crippen LogP contribution < -0.4 is 10.1 Å². The molecule has 0 fully saturated rings. The van der Waals surface area contributed by atoms with E-state index in [0.29, 0.717) is 20.8 Å². The van der Waals surface area contributed by atoms with Crippen LogP contribution in [0, 0.1) is 0 Å². The van der Waals surface area contributed by atoms with E-state index >= 15 is 0 Å². The highest BCUT2D eigenvalue weighted by Gasteiger charge is 2.27. The third-order valence-corrected chi connectivity index (χ3v) is 5.42. The van der Waals surface area contributed by atoms with Crippen molar-refractivity contribution in [1.29, 1.82) is 0 Å². The maximum absolute atomic E-state index is 13.0. The largest absolute Gasteiger partial charge is 0.482 e. The van der Waals surface area contributed by atoms with Gasteiger partial charge in [-0.1, -0.05) is 53.9 Å². The van der Waals surface area contributed by atoms with Gasteiger partial charge in [-0.05, 0) is 56.2 Å². The van der Waals surface area contributed by atoms with Crippen LogP contribution in [0.15, 0.2) is 42.5 Å². The third-order valence-electron chi connectivity index (χ3n) is 4.66. The normalized spacial score (nSPS) is 12.7. The summed E-state index contributed by atoms with van der Waals surface area (Å²) in [5.41, 5.74) is 0.809.